The van der Waals surface area contributed by atoms with Crippen LogP contribution in [0.25, 0.3) is 0 Å². The molecule has 0 saturated heterocycles. The van der Waals surface area contributed by atoms with Crippen LogP contribution in [0.15, 0.2) is 11.0 Å². The molecule has 10 heavy (non-hydrogen) atoms. The molecular weight excluding hydrogens is 140 g/mol. The maximum atomic E-state index is 4.36. The minimum absolute atomic E-state index is 0.597. The molecule has 0 bridgehead atoms. The van der Waals surface area contributed by atoms with E-state index in [0.29, 0.717) is 5.92 Å². The summed E-state index contributed by atoms with van der Waals surface area (Å²) in [7, 11) is 0. The molecule has 1 heteroatoms. The van der Waals surface area contributed by atoms with Crippen LogP contribution in [-0.2, 0) is 0 Å². The van der Waals surface area contributed by atoms with Crippen LogP contribution in [0.2, 0.25) is 0 Å². The number of rotatable bonds is 4. The molecule has 60 valence electrons. The minimum atomic E-state index is 0.597. The monoisotopic (exact) mass is 158 g/mol. The van der Waals surface area contributed by atoms with Crippen LogP contribution in [0.3, 0.4) is 0 Å². The summed E-state index contributed by atoms with van der Waals surface area (Å²) in [4.78, 5) is 1.23. The van der Waals surface area contributed by atoms with Gasteiger partial charge in [-0.25, -0.2) is 0 Å². The van der Waals surface area contributed by atoms with Gasteiger partial charge in [0.1, 0.15) is 0 Å². The van der Waals surface area contributed by atoms with E-state index in [9.17, 15) is 0 Å². The van der Waals surface area contributed by atoms with Crippen LogP contribution in [0.1, 0.15) is 40.0 Å². The van der Waals surface area contributed by atoms with Gasteiger partial charge in [-0.1, -0.05) is 39.7 Å². The zero-order valence-corrected chi connectivity index (χ0v) is 8.12. The highest BCUT2D eigenvalue weighted by atomic mass is 32.1. The van der Waals surface area contributed by atoms with Gasteiger partial charge >= 0.3 is 0 Å². The maximum Gasteiger partial charge on any atom is -0.0165 e. The Kier molecular flexibility index (Phi) is 5.90. The summed E-state index contributed by atoms with van der Waals surface area (Å²) in [5.41, 5.74) is 0. The average Bonchev–Trinajstić information content (AvgIpc) is 1.88. The van der Waals surface area contributed by atoms with E-state index in [4.69, 9.17) is 0 Å². The third kappa shape index (κ3) is 4.92. The van der Waals surface area contributed by atoms with E-state index in [1.165, 1.54) is 24.2 Å². The number of unbranched alkanes of at least 4 members (excludes halogenated alkanes) is 2. The summed E-state index contributed by atoms with van der Waals surface area (Å²) in [5.74, 6) is 0.597. The van der Waals surface area contributed by atoms with Crippen molar-refractivity contribution in [3.8, 4) is 0 Å². The van der Waals surface area contributed by atoms with Gasteiger partial charge in [0, 0.05) is 0 Å². The molecule has 0 N–H and O–H groups in total. The quantitative estimate of drug-likeness (QED) is 0.468. The van der Waals surface area contributed by atoms with Crippen molar-refractivity contribution < 1.29 is 0 Å². The smallest absolute Gasteiger partial charge is 0.0165 e. The van der Waals surface area contributed by atoms with Crippen molar-refractivity contribution in [2.24, 2.45) is 5.92 Å². The molecule has 0 amide bonds. The lowest BCUT2D eigenvalue weighted by molar-refractivity contribution is 0.781. The molecule has 0 unspecified atom stereocenters. The van der Waals surface area contributed by atoms with Crippen molar-refractivity contribution in [2.75, 3.05) is 0 Å². The Labute approximate surface area is 70.1 Å². The fraction of sp³-hybridized carbons (Fsp3) is 0.778. The summed E-state index contributed by atoms with van der Waals surface area (Å²) in [5, 5.41) is 0. The van der Waals surface area contributed by atoms with Crippen LogP contribution in [-0.4, -0.2) is 0 Å². The molecule has 0 nitrogen and oxygen atoms in total. The highest BCUT2D eigenvalue weighted by molar-refractivity contribution is 7.84. The normalized spacial score (nSPS) is 12.7. The van der Waals surface area contributed by atoms with Crippen molar-refractivity contribution in [1.29, 1.82) is 0 Å². The molecule has 0 aliphatic carbocycles. The molecular formula is C9H18S. The molecule has 0 aliphatic rings. The maximum absolute atomic E-state index is 4.36. The number of hydrogen-bond acceptors (Lipinski definition) is 1. The van der Waals surface area contributed by atoms with Crippen LogP contribution >= 0.6 is 12.6 Å². The summed E-state index contributed by atoms with van der Waals surface area (Å²) in [6.07, 6.45) is 5.98. The van der Waals surface area contributed by atoms with Gasteiger partial charge < -0.3 is 0 Å². The molecule has 0 spiro atoms. The van der Waals surface area contributed by atoms with E-state index < -0.39 is 0 Å². The van der Waals surface area contributed by atoms with Gasteiger partial charge in [0.25, 0.3) is 0 Å². The second-order valence-electron chi connectivity index (χ2n) is 2.93. The third-order valence-corrected chi connectivity index (χ3v) is 2.20. The molecule has 0 aromatic carbocycles. The van der Waals surface area contributed by atoms with Crippen LogP contribution in [0.4, 0.5) is 0 Å². The van der Waals surface area contributed by atoms with Crippen LogP contribution in [0.5, 0.6) is 0 Å². The first kappa shape index (κ1) is 10.1. The van der Waals surface area contributed by atoms with Gasteiger partial charge in [-0.2, -0.15) is 0 Å². The van der Waals surface area contributed by atoms with E-state index in [0.717, 1.165) is 0 Å². The van der Waals surface area contributed by atoms with E-state index in [1.807, 2.05) is 0 Å². The Morgan fingerprint density at radius 3 is 2.50 bits per heavy atom. The molecule has 0 atom stereocenters. The second kappa shape index (κ2) is 5.84. The highest BCUT2D eigenvalue weighted by Gasteiger charge is 1.94. The molecule has 0 aliphatic heterocycles. The topological polar surface area (TPSA) is 0 Å². The Morgan fingerprint density at radius 1 is 1.50 bits per heavy atom. The Hall–Kier alpha value is 0.0900. The van der Waals surface area contributed by atoms with Crippen molar-refractivity contribution in [2.45, 2.75) is 40.0 Å². The van der Waals surface area contributed by atoms with Gasteiger partial charge in [0.05, 0.1) is 0 Å². The van der Waals surface area contributed by atoms with Crippen molar-refractivity contribution in [3.63, 3.8) is 0 Å². The molecule has 0 saturated carbocycles. The van der Waals surface area contributed by atoms with Crippen molar-refractivity contribution in [3.05, 3.63) is 11.0 Å². The average molecular weight is 158 g/mol. The molecule has 0 aromatic heterocycles. The van der Waals surface area contributed by atoms with Crippen LogP contribution < -0.4 is 0 Å². The Morgan fingerprint density at radius 2 is 2.10 bits per heavy atom. The largest absolute Gasteiger partial charge is 0.148 e. The molecule has 0 fully saturated rings. The number of hydrogen-bond donors (Lipinski definition) is 1. The first-order valence-corrected chi connectivity index (χ1v) is 4.52. The fourth-order valence-electron chi connectivity index (χ4n) is 0.690. The number of thiol groups is 1. The number of allylic oxidation sites excluding steroid dienone is 2. The van der Waals surface area contributed by atoms with Gasteiger partial charge in [0.2, 0.25) is 0 Å². The van der Waals surface area contributed by atoms with Gasteiger partial charge in [-0.3, -0.25) is 0 Å². The van der Waals surface area contributed by atoms with Gasteiger partial charge in [0.15, 0.2) is 0 Å². The summed E-state index contributed by atoms with van der Waals surface area (Å²) < 4.78 is 0. The molecule has 0 rings (SSSR count). The lowest BCUT2D eigenvalue weighted by Crippen LogP contribution is -1.85. The first-order valence-electron chi connectivity index (χ1n) is 4.07. The Bertz CT molecular complexity index is 103. The van der Waals surface area contributed by atoms with Gasteiger partial charge in [-0.15, -0.1) is 12.6 Å². The van der Waals surface area contributed by atoms with Crippen molar-refractivity contribution >= 4 is 12.6 Å². The highest BCUT2D eigenvalue weighted by Crippen LogP contribution is 2.14. The lowest BCUT2D eigenvalue weighted by atomic mass is 10.1. The minimum Gasteiger partial charge on any atom is -0.148 e. The van der Waals surface area contributed by atoms with E-state index in [2.05, 4.69) is 39.5 Å². The zero-order chi connectivity index (χ0) is 7.98. The molecule has 0 aromatic rings. The second-order valence-corrected chi connectivity index (χ2v) is 3.44. The molecule has 0 radical (unpaired) electrons. The lowest BCUT2D eigenvalue weighted by Gasteiger charge is -2.02. The SMILES string of the molecule is CCCC/C=C(\S)C(C)C. The third-order valence-electron chi connectivity index (χ3n) is 1.50. The Balaban J connectivity index is 3.48. The molecule has 0 heterocycles. The summed E-state index contributed by atoms with van der Waals surface area (Å²) in [6.45, 7) is 6.55. The van der Waals surface area contributed by atoms with E-state index in [1.54, 1.807) is 0 Å². The standard InChI is InChI=1S/C9H18S/c1-4-5-6-7-9(10)8(2)3/h7-8,10H,4-6H2,1-3H3/b9-7-. The van der Waals surface area contributed by atoms with Crippen LogP contribution in [0, 0.1) is 5.92 Å². The summed E-state index contributed by atoms with van der Waals surface area (Å²) >= 11 is 4.36. The first-order chi connectivity index (χ1) is 4.68. The van der Waals surface area contributed by atoms with E-state index in [-0.39, 0.29) is 0 Å². The van der Waals surface area contributed by atoms with E-state index >= 15 is 0 Å². The zero-order valence-electron chi connectivity index (χ0n) is 7.22. The predicted molar refractivity (Wildman–Crippen MR) is 51.4 cm³/mol. The summed E-state index contributed by atoms with van der Waals surface area (Å²) in [6, 6.07) is 0. The fourth-order valence-corrected chi connectivity index (χ4v) is 0.819. The predicted octanol–water partition coefficient (Wildman–Crippen LogP) is 3.65. The van der Waals surface area contributed by atoms with Gasteiger partial charge in [-0.05, 0) is 17.2 Å². The van der Waals surface area contributed by atoms with Crippen molar-refractivity contribution in [1.82, 2.24) is 0 Å².